The summed E-state index contributed by atoms with van der Waals surface area (Å²) in [5.41, 5.74) is -2.83. The van der Waals surface area contributed by atoms with Gasteiger partial charge in [-0.3, -0.25) is 0 Å². The highest BCUT2D eigenvalue weighted by Gasteiger charge is 2.71. The first-order valence-electron chi connectivity index (χ1n) is 14.1. The average Bonchev–Trinajstić information content (AvgIpc) is 3.43. The van der Waals surface area contributed by atoms with Crippen LogP contribution in [-0.4, -0.2) is 92.9 Å². The summed E-state index contributed by atoms with van der Waals surface area (Å²) < 4.78 is 16.6. The minimum Gasteiger partial charge on any atom is -0.458 e. The molecular formula is C28H40O10. The van der Waals surface area contributed by atoms with Crippen molar-refractivity contribution in [2.24, 2.45) is 28.6 Å². The van der Waals surface area contributed by atoms with Gasteiger partial charge in [0.05, 0.1) is 29.3 Å². The zero-order valence-corrected chi connectivity index (χ0v) is 21.8. The summed E-state index contributed by atoms with van der Waals surface area (Å²) in [6.45, 7) is 2.22. The first-order chi connectivity index (χ1) is 18.0. The number of fused-ring (bicyclic) bond motifs is 5. The van der Waals surface area contributed by atoms with Crippen LogP contribution in [0.3, 0.4) is 0 Å². The predicted molar refractivity (Wildman–Crippen MR) is 130 cm³/mol. The number of esters is 1. The van der Waals surface area contributed by atoms with E-state index < -0.39 is 52.7 Å². The second-order valence-electron chi connectivity index (χ2n) is 13.0. The standard InChI is InChI=1S/C28H40O10/c1-25-6-3-18-19(28(25,35)9-5-17(25)15-10-21(31)36-12-15)4-8-27(34)11-16(2-7-26(18,27)14-29)38-24-23(33)22(32)20(30)13-37-24/h10,14,16-20,22-24,30,32-35H,2-9,11-13H2,1H3/t16-,17+,18+,19-,20+,22-,23+,24-,25+,26-,27-,28-/m0/s1. The van der Waals surface area contributed by atoms with Crippen molar-refractivity contribution in [2.45, 2.75) is 107 Å². The van der Waals surface area contributed by atoms with E-state index in [1.54, 1.807) is 6.08 Å². The van der Waals surface area contributed by atoms with Crippen molar-refractivity contribution >= 4 is 12.3 Å². The summed E-state index contributed by atoms with van der Waals surface area (Å²) in [6, 6.07) is 0. The highest BCUT2D eigenvalue weighted by atomic mass is 16.7. The van der Waals surface area contributed by atoms with Gasteiger partial charge in [-0.2, -0.15) is 0 Å². The number of carbonyl (C=O) groups excluding carboxylic acids is 2. The molecule has 4 saturated carbocycles. The van der Waals surface area contributed by atoms with E-state index in [9.17, 15) is 35.1 Å². The van der Waals surface area contributed by atoms with E-state index in [0.717, 1.165) is 18.3 Å². The van der Waals surface area contributed by atoms with Crippen LogP contribution < -0.4 is 0 Å². The molecule has 0 aromatic rings. The zero-order valence-electron chi connectivity index (χ0n) is 21.8. The molecule has 212 valence electrons. The zero-order chi connectivity index (χ0) is 27.1. The maximum atomic E-state index is 12.9. The van der Waals surface area contributed by atoms with Crippen molar-refractivity contribution < 1.29 is 49.3 Å². The van der Waals surface area contributed by atoms with Gasteiger partial charge in [0.25, 0.3) is 0 Å². The van der Waals surface area contributed by atoms with Crippen LogP contribution in [-0.2, 0) is 23.8 Å². The second kappa shape index (κ2) is 9.06. The summed E-state index contributed by atoms with van der Waals surface area (Å²) >= 11 is 0. The van der Waals surface area contributed by atoms with Crippen molar-refractivity contribution in [3.8, 4) is 0 Å². The van der Waals surface area contributed by atoms with Gasteiger partial charge in [0.2, 0.25) is 0 Å². The smallest absolute Gasteiger partial charge is 0.331 e. The summed E-state index contributed by atoms with van der Waals surface area (Å²) in [6.07, 6.45) is 1.56. The number of hydrogen-bond donors (Lipinski definition) is 5. The van der Waals surface area contributed by atoms with Crippen molar-refractivity contribution in [1.29, 1.82) is 0 Å². The van der Waals surface area contributed by atoms with Crippen LogP contribution in [0.15, 0.2) is 11.6 Å². The Balaban J connectivity index is 1.22. The Hall–Kier alpha value is -1.40. The van der Waals surface area contributed by atoms with Gasteiger partial charge in [0, 0.05) is 17.9 Å². The summed E-state index contributed by atoms with van der Waals surface area (Å²) in [4.78, 5) is 24.7. The second-order valence-corrected chi connectivity index (χ2v) is 13.0. The van der Waals surface area contributed by atoms with E-state index in [0.29, 0.717) is 44.9 Å². The number of aliphatic hydroxyl groups is 5. The third-order valence-electron chi connectivity index (χ3n) is 11.6. The molecule has 4 aliphatic carbocycles. The normalized spacial score (nSPS) is 54.4. The Kier molecular flexibility index (Phi) is 6.39. The predicted octanol–water partition coefficient (Wildman–Crippen LogP) is 0.362. The van der Waals surface area contributed by atoms with Crippen LogP contribution in [0.25, 0.3) is 0 Å². The average molecular weight is 537 g/mol. The summed E-state index contributed by atoms with van der Waals surface area (Å²) in [5, 5.41) is 54.4. The fraction of sp³-hybridized carbons (Fsp3) is 0.857. The Morgan fingerprint density at radius 1 is 1.00 bits per heavy atom. The van der Waals surface area contributed by atoms with E-state index in [1.165, 1.54) is 0 Å². The third-order valence-corrected chi connectivity index (χ3v) is 11.6. The molecule has 6 rings (SSSR count). The number of carbonyl (C=O) groups is 2. The number of aldehydes is 1. The number of hydrogen-bond acceptors (Lipinski definition) is 10. The molecule has 2 heterocycles. The van der Waals surface area contributed by atoms with Crippen LogP contribution in [0, 0.1) is 28.6 Å². The Morgan fingerprint density at radius 2 is 1.76 bits per heavy atom. The molecular weight excluding hydrogens is 496 g/mol. The molecule has 10 heteroatoms. The number of aliphatic hydroxyl groups excluding tert-OH is 3. The highest BCUT2D eigenvalue weighted by molar-refractivity contribution is 5.85. The van der Waals surface area contributed by atoms with Crippen molar-refractivity contribution in [2.75, 3.05) is 13.2 Å². The molecule has 38 heavy (non-hydrogen) atoms. The molecule has 0 spiro atoms. The van der Waals surface area contributed by atoms with Crippen LogP contribution in [0.5, 0.6) is 0 Å². The molecule has 0 bridgehead atoms. The number of ether oxygens (including phenoxy) is 3. The Labute approximate surface area is 222 Å². The van der Waals surface area contributed by atoms with Gasteiger partial charge in [-0.25, -0.2) is 4.79 Å². The Morgan fingerprint density at radius 3 is 2.47 bits per heavy atom. The van der Waals surface area contributed by atoms with Crippen LogP contribution in [0.2, 0.25) is 0 Å². The number of rotatable bonds is 4. The molecule has 0 amide bonds. The molecule has 6 aliphatic rings. The fourth-order valence-corrected chi connectivity index (χ4v) is 9.52. The van der Waals surface area contributed by atoms with E-state index in [2.05, 4.69) is 6.92 Å². The third kappa shape index (κ3) is 3.57. The highest BCUT2D eigenvalue weighted by Crippen LogP contribution is 2.70. The maximum absolute atomic E-state index is 12.9. The van der Waals surface area contributed by atoms with E-state index in [1.807, 2.05) is 0 Å². The maximum Gasteiger partial charge on any atom is 0.331 e. The van der Waals surface area contributed by atoms with Crippen LogP contribution in [0.1, 0.15) is 64.7 Å². The molecule has 0 unspecified atom stereocenters. The lowest BCUT2D eigenvalue weighted by Crippen LogP contribution is -2.69. The van der Waals surface area contributed by atoms with Crippen molar-refractivity contribution in [1.82, 2.24) is 0 Å². The van der Waals surface area contributed by atoms with Gasteiger partial charge < -0.3 is 44.5 Å². The molecule has 5 fully saturated rings. The van der Waals surface area contributed by atoms with Gasteiger partial charge in [-0.15, -0.1) is 0 Å². The summed E-state index contributed by atoms with van der Waals surface area (Å²) in [5.74, 6) is -0.604. The lowest BCUT2D eigenvalue weighted by Gasteiger charge is -2.65. The van der Waals surface area contributed by atoms with E-state index in [-0.39, 0.29) is 43.4 Å². The molecule has 1 saturated heterocycles. The van der Waals surface area contributed by atoms with Gasteiger partial charge in [0.1, 0.15) is 31.2 Å². The first-order valence-corrected chi connectivity index (χ1v) is 14.1. The largest absolute Gasteiger partial charge is 0.458 e. The molecule has 10 nitrogen and oxygen atoms in total. The van der Waals surface area contributed by atoms with Gasteiger partial charge >= 0.3 is 5.97 Å². The van der Waals surface area contributed by atoms with Crippen LogP contribution in [0.4, 0.5) is 0 Å². The molecule has 0 aromatic heterocycles. The minimum absolute atomic E-state index is 0.0489. The van der Waals surface area contributed by atoms with Gasteiger partial charge in [-0.05, 0) is 74.7 Å². The molecule has 2 aliphatic heterocycles. The van der Waals surface area contributed by atoms with Crippen molar-refractivity contribution in [3.63, 3.8) is 0 Å². The van der Waals surface area contributed by atoms with Crippen molar-refractivity contribution in [3.05, 3.63) is 11.6 Å². The monoisotopic (exact) mass is 536 g/mol. The first kappa shape index (κ1) is 26.8. The van der Waals surface area contributed by atoms with Gasteiger partial charge in [0.15, 0.2) is 6.29 Å². The lowest BCUT2D eigenvalue weighted by atomic mass is 9.41. The number of cyclic esters (lactones) is 1. The molecule has 12 atom stereocenters. The summed E-state index contributed by atoms with van der Waals surface area (Å²) in [7, 11) is 0. The molecule has 0 radical (unpaired) electrons. The quantitative estimate of drug-likeness (QED) is 0.193. The topological polar surface area (TPSA) is 163 Å². The van der Waals surface area contributed by atoms with Crippen LogP contribution >= 0.6 is 0 Å². The van der Waals surface area contributed by atoms with E-state index >= 15 is 0 Å². The van der Waals surface area contributed by atoms with Gasteiger partial charge in [-0.1, -0.05) is 6.92 Å². The SMILES string of the molecule is C[C@]12CC[C@@H]3[C@H](CC[C@]4(O)C[C@@H](O[C@@H]5OC[C@@H](O)[C@H](O)[C@H]5O)CC[C@]34C=O)[C@@]1(O)CC[C@@H]2C1=CC(=O)OC1. The molecule has 5 N–H and O–H groups in total. The Bertz CT molecular complexity index is 1020. The minimum atomic E-state index is -1.42. The fourth-order valence-electron chi connectivity index (χ4n) is 9.52. The van der Waals surface area contributed by atoms with E-state index in [4.69, 9.17) is 14.2 Å². The lowest BCUT2D eigenvalue weighted by molar-refractivity contribution is -0.301. The molecule has 0 aromatic carbocycles.